The first-order valence-corrected chi connectivity index (χ1v) is 10.0. The van der Waals surface area contributed by atoms with Crippen LogP contribution >= 0.6 is 0 Å². The van der Waals surface area contributed by atoms with Gasteiger partial charge in [0.05, 0.1) is 26.7 Å². The molecule has 3 amide bonds. The summed E-state index contributed by atoms with van der Waals surface area (Å²) in [6.07, 6.45) is 0.184. The number of methoxy groups -OCH3 is 2. The minimum Gasteiger partial charge on any atom is -0.497 e. The molecule has 1 aliphatic rings. The van der Waals surface area contributed by atoms with E-state index < -0.39 is 6.04 Å². The summed E-state index contributed by atoms with van der Waals surface area (Å²) < 4.78 is 10.6. The summed E-state index contributed by atoms with van der Waals surface area (Å²) in [6, 6.07) is 13.7. The topological polar surface area (TPSA) is 97.0 Å². The third-order valence-corrected chi connectivity index (χ3v) is 5.25. The first kappa shape index (κ1) is 22.1. The minimum absolute atomic E-state index is 0.184. The van der Waals surface area contributed by atoms with Gasteiger partial charge in [0.2, 0.25) is 17.7 Å². The molecule has 2 N–H and O–H groups in total. The maximum absolute atomic E-state index is 12.9. The van der Waals surface area contributed by atoms with Crippen LogP contribution in [0, 0.1) is 0 Å². The molecular formula is C23H27N3O5. The van der Waals surface area contributed by atoms with Gasteiger partial charge < -0.3 is 25.0 Å². The molecule has 0 radical (unpaired) electrons. The van der Waals surface area contributed by atoms with Crippen molar-refractivity contribution in [3.05, 3.63) is 59.7 Å². The number of carbonyl (C=O) groups is 3. The molecule has 2 atom stereocenters. The van der Waals surface area contributed by atoms with Gasteiger partial charge in [0.1, 0.15) is 17.5 Å². The quantitative estimate of drug-likeness (QED) is 0.590. The van der Waals surface area contributed by atoms with Crippen molar-refractivity contribution in [1.82, 2.24) is 15.5 Å². The number of ether oxygens (including phenoxy) is 2. The number of likely N-dealkylation sites (tertiary alicyclic amines) is 1. The van der Waals surface area contributed by atoms with E-state index in [4.69, 9.17) is 9.47 Å². The molecule has 0 aliphatic carbocycles. The fraction of sp³-hybridized carbons (Fsp3) is 0.348. The van der Waals surface area contributed by atoms with E-state index in [0.29, 0.717) is 18.0 Å². The molecule has 3 rings (SSSR count). The molecule has 0 unspecified atom stereocenters. The van der Waals surface area contributed by atoms with Crippen molar-refractivity contribution < 1.29 is 23.9 Å². The van der Waals surface area contributed by atoms with Gasteiger partial charge in [0.15, 0.2) is 0 Å². The zero-order valence-electron chi connectivity index (χ0n) is 17.9. The molecule has 1 aliphatic heterocycles. The van der Waals surface area contributed by atoms with E-state index in [1.165, 1.54) is 6.92 Å². The Hall–Kier alpha value is -3.55. The molecule has 1 saturated heterocycles. The fourth-order valence-electron chi connectivity index (χ4n) is 3.61. The van der Waals surface area contributed by atoms with E-state index in [1.54, 1.807) is 31.3 Å². The Balaban J connectivity index is 1.71. The predicted octanol–water partition coefficient (Wildman–Crippen LogP) is 1.28. The average Bonchev–Trinajstić information content (AvgIpc) is 2.77. The summed E-state index contributed by atoms with van der Waals surface area (Å²) in [5.41, 5.74) is 1.67. The van der Waals surface area contributed by atoms with Gasteiger partial charge in [-0.2, -0.15) is 0 Å². The van der Waals surface area contributed by atoms with Crippen LogP contribution in [-0.4, -0.2) is 55.5 Å². The second-order valence-electron chi connectivity index (χ2n) is 7.36. The van der Waals surface area contributed by atoms with Gasteiger partial charge in [0.25, 0.3) is 0 Å². The summed E-state index contributed by atoms with van der Waals surface area (Å²) in [7, 11) is 3.12. The number of hydrogen-bond acceptors (Lipinski definition) is 5. The lowest BCUT2D eigenvalue weighted by atomic mass is 9.93. The van der Waals surface area contributed by atoms with Gasteiger partial charge in [-0.25, -0.2) is 0 Å². The maximum Gasteiger partial charge on any atom is 0.248 e. The van der Waals surface area contributed by atoms with Crippen molar-refractivity contribution in [2.24, 2.45) is 0 Å². The molecule has 8 nitrogen and oxygen atoms in total. The van der Waals surface area contributed by atoms with Crippen molar-refractivity contribution in [2.45, 2.75) is 32.0 Å². The van der Waals surface area contributed by atoms with E-state index in [-0.39, 0.29) is 36.7 Å². The highest BCUT2D eigenvalue weighted by molar-refractivity contribution is 5.94. The van der Waals surface area contributed by atoms with E-state index in [1.807, 2.05) is 36.4 Å². The van der Waals surface area contributed by atoms with Crippen LogP contribution in [-0.2, 0) is 27.3 Å². The second kappa shape index (κ2) is 9.97. The Morgan fingerprint density at radius 1 is 1.06 bits per heavy atom. The molecule has 0 aromatic heterocycles. The highest BCUT2D eigenvalue weighted by Gasteiger charge is 2.48. The van der Waals surface area contributed by atoms with Crippen molar-refractivity contribution in [3.63, 3.8) is 0 Å². The number of rotatable bonds is 9. The van der Waals surface area contributed by atoms with Crippen LogP contribution in [0.15, 0.2) is 48.5 Å². The maximum atomic E-state index is 12.9. The van der Waals surface area contributed by atoms with E-state index in [9.17, 15) is 14.4 Å². The molecule has 0 saturated carbocycles. The molecule has 8 heteroatoms. The number of hydrogen-bond donors (Lipinski definition) is 2. The van der Waals surface area contributed by atoms with Gasteiger partial charge >= 0.3 is 0 Å². The lowest BCUT2D eigenvalue weighted by Gasteiger charge is -2.47. The van der Waals surface area contributed by atoms with Crippen LogP contribution in [0.1, 0.15) is 18.1 Å². The van der Waals surface area contributed by atoms with Crippen LogP contribution in [0.5, 0.6) is 11.5 Å². The van der Waals surface area contributed by atoms with Gasteiger partial charge in [-0.05, 0) is 17.7 Å². The number of nitrogens with one attached hydrogen (secondary N) is 2. The minimum atomic E-state index is -0.688. The number of β-lactam (4-membered cyclic amide) rings is 1. The number of amides is 3. The van der Waals surface area contributed by atoms with Crippen LogP contribution in [0.2, 0.25) is 0 Å². The zero-order valence-corrected chi connectivity index (χ0v) is 17.9. The Kier molecular flexibility index (Phi) is 7.12. The lowest BCUT2D eigenvalue weighted by molar-refractivity contribution is -0.154. The third kappa shape index (κ3) is 5.33. The van der Waals surface area contributed by atoms with Crippen LogP contribution in [0.25, 0.3) is 0 Å². The van der Waals surface area contributed by atoms with Crippen molar-refractivity contribution >= 4 is 17.7 Å². The van der Waals surface area contributed by atoms with Crippen molar-refractivity contribution in [1.29, 1.82) is 0 Å². The monoisotopic (exact) mass is 425 g/mol. The molecular weight excluding hydrogens is 398 g/mol. The first-order valence-electron chi connectivity index (χ1n) is 10.0. The van der Waals surface area contributed by atoms with E-state index >= 15 is 0 Å². The number of carbonyl (C=O) groups excluding carboxylic acids is 3. The number of nitrogens with zero attached hydrogens (tertiary/aromatic N) is 1. The summed E-state index contributed by atoms with van der Waals surface area (Å²) in [6.45, 7) is 1.96. The molecule has 1 fully saturated rings. The second-order valence-corrected chi connectivity index (χ2v) is 7.36. The number of benzene rings is 2. The molecule has 1 heterocycles. The van der Waals surface area contributed by atoms with Gasteiger partial charge in [-0.1, -0.05) is 30.3 Å². The van der Waals surface area contributed by atoms with E-state index in [0.717, 1.165) is 11.1 Å². The molecule has 164 valence electrons. The normalized spacial score (nSPS) is 17.5. The third-order valence-electron chi connectivity index (χ3n) is 5.25. The van der Waals surface area contributed by atoms with Gasteiger partial charge in [-0.15, -0.1) is 0 Å². The summed E-state index contributed by atoms with van der Waals surface area (Å²) in [4.78, 5) is 38.4. The smallest absolute Gasteiger partial charge is 0.248 e. The highest BCUT2D eigenvalue weighted by atomic mass is 16.5. The van der Waals surface area contributed by atoms with Crippen LogP contribution in [0.4, 0.5) is 0 Å². The van der Waals surface area contributed by atoms with Gasteiger partial charge in [-0.3, -0.25) is 14.4 Å². The summed E-state index contributed by atoms with van der Waals surface area (Å²) in [5.74, 6) is 0.614. The molecule has 31 heavy (non-hydrogen) atoms. The fourth-order valence-corrected chi connectivity index (χ4v) is 3.61. The lowest BCUT2D eigenvalue weighted by Crippen LogP contribution is -2.72. The molecule has 2 aromatic rings. The average molecular weight is 425 g/mol. The SMILES string of the molecule is COc1ccc(CN2C(=O)[C@H](NC(=O)Cc3ccccc3)[C@@H]2CNC(C)=O)c(OC)c1. The largest absolute Gasteiger partial charge is 0.497 e. The van der Waals surface area contributed by atoms with Crippen molar-refractivity contribution in [2.75, 3.05) is 20.8 Å². The molecule has 0 bridgehead atoms. The van der Waals surface area contributed by atoms with Crippen molar-refractivity contribution in [3.8, 4) is 11.5 Å². The molecule has 0 spiro atoms. The molecule has 2 aromatic carbocycles. The Morgan fingerprint density at radius 3 is 2.45 bits per heavy atom. The Morgan fingerprint density at radius 2 is 1.81 bits per heavy atom. The summed E-state index contributed by atoms with van der Waals surface area (Å²) in [5, 5.41) is 5.57. The van der Waals surface area contributed by atoms with Crippen LogP contribution < -0.4 is 20.1 Å². The summed E-state index contributed by atoms with van der Waals surface area (Å²) >= 11 is 0. The predicted molar refractivity (Wildman–Crippen MR) is 115 cm³/mol. The first-order chi connectivity index (χ1) is 14.9. The van der Waals surface area contributed by atoms with E-state index in [2.05, 4.69) is 10.6 Å². The Labute approximate surface area is 181 Å². The zero-order chi connectivity index (χ0) is 22.4. The Bertz CT molecular complexity index is 947. The van der Waals surface area contributed by atoms with Crippen LogP contribution in [0.3, 0.4) is 0 Å². The highest BCUT2D eigenvalue weighted by Crippen LogP contribution is 2.30. The van der Waals surface area contributed by atoms with Gasteiger partial charge in [0, 0.05) is 31.6 Å². The standard InChI is InChI=1S/C23H27N3O5/c1-15(27)24-13-19-22(25-21(28)11-16-7-5-4-6-8-16)23(29)26(19)14-17-9-10-18(30-2)12-20(17)31-3/h4-10,12,19,22H,11,13-14H2,1-3H3,(H,24,27)(H,25,28)/t19-,22+/m0/s1.